The summed E-state index contributed by atoms with van der Waals surface area (Å²) in [4.78, 5) is 25.1. The van der Waals surface area contributed by atoms with E-state index < -0.39 is 5.41 Å². The number of anilines is 1. The molecule has 2 aromatic rings. The van der Waals surface area contributed by atoms with E-state index in [0.717, 1.165) is 12.8 Å². The summed E-state index contributed by atoms with van der Waals surface area (Å²) in [6.45, 7) is 0.553. The van der Waals surface area contributed by atoms with Crippen molar-refractivity contribution >= 4 is 29.1 Å². The second-order valence-corrected chi connectivity index (χ2v) is 7.14. The minimum Gasteiger partial charge on any atom is -0.495 e. The molecule has 0 radical (unpaired) electrons. The first-order chi connectivity index (χ1) is 13.0. The number of aryl methyl sites for hydroxylation is 1. The molecule has 2 amide bonds. The molecule has 1 saturated carbocycles. The monoisotopic (exact) mass is 386 g/mol. The second-order valence-electron chi connectivity index (χ2n) is 6.73. The van der Waals surface area contributed by atoms with Gasteiger partial charge in [0.1, 0.15) is 11.2 Å². The van der Waals surface area contributed by atoms with Gasteiger partial charge in [-0.2, -0.15) is 0 Å². The number of rotatable bonds is 8. The molecule has 1 fully saturated rings. The number of carbonyl (C=O) groups is 2. The van der Waals surface area contributed by atoms with Crippen LogP contribution in [0.2, 0.25) is 5.02 Å². The van der Waals surface area contributed by atoms with E-state index in [2.05, 4.69) is 22.8 Å². The normalized spacial score (nSPS) is 14.3. The third kappa shape index (κ3) is 4.61. The predicted molar refractivity (Wildman–Crippen MR) is 106 cm³/mol. The molecule has 27 heavy (non-hydrogen) atoms. The van der Waals surface area contributed by atoms with Crippen LogP contribution in [-0.4, -0.2) is 25.5 Å². The van der Waals surface area contributed by atoms with Crippen LogP contribution in [0.1, 0.15) is 24.8 Å². The van der Waals surface area contributed by atoms with Crippen molar-refractivity contribution in [1.29, 1.82) is 0 Å². The van der Waals surface area contributed by atoms with Gasteiger partial charge in [0.05, 0.1) is 12.1 Å². The third-order valence-corrected chi connectivity index (χ3v) is 5.09. The molecule has 1 aliphatic carbocycles. The minimum absolute atomic E-state index is 0.201. The van der Waals surface area contributed by atoms with Crippen LogP contribution in [0.15, 0.2) is 48.5 Å². The number of methoxy groups -OCH3 is 1. The van der Waals surface area contributed by atoms with E-state index in [1.807, 2.05) is 18.2 Å². The lowest BCUT2D eigenvalue weighted by Gasteiger charge is -2.16. The SMILES string of the molecule is COc1ccc(NC(=O)C2(C(=O)NCCCc3ccccc3)CC2)cc1Cl. The summed E-state index contributed by atoms with van der Waals surface area (Å²) < 4.78 is 5.10. The quantitative estimate of drug-likeness (QED) is 0.535. The minimum atomic E-state index is -0.959. The van der Waals surface area contributed by atoms with Gasteiger partial charge in [-0.25, -0.2) is 0 Å². The van der Waals surface area contributed by atoms with Crippen LogP contribution >= 0.6 is 11.6 Å². The van der Waals surface area contributed by atoms with Crippen LogP contribution in [0.3, 0.4) is 0 Å². The molecule has 5 nitrogen and oxygen atoms in total. The van der Waals surface area contributed by atoms with Gasteiger partial charge < -0.3 is 15.4 Å². The average molecular weight is 387 g/mol. The van der Waals surface area contributed by atoms with Crippen molar-refractivity contribution in [2.24, 2.45) is 5.41 Å². The summed E-state index contributed by atoms with van der Waals surface area (Å²) in [7, 11) is 1.53. The number of nitrogens with one attached hydrogen (secondary N) is 2. The Labute approximate surface area is 164 Å². The fourth-order valence-electron chi connectivity index (χ4n) is 2.99. The third-order valence-electron chi connectivity index (χ3n) is 4.80. The number of ether oxygens (including phenoxy) is 1. The summed E-state index contributed by atoms with van der Waals surface area (Å²) in [5, 5.41) is 6.11. The molecule has 2 N–H and O–H groups in total. The van der Waals surface area contributed by atoms with Crippen molar-refractivity contribution in [2.75, 3.05) is 19.0 Å². The zero-order chi connectivity index (χ0) is 19.3. The summed E-state index contributed by atoms with van der Waals surface area (Å²) in [6.07, 6.45) is 2.85. The number of hydrogen-bond donors (Lipinski definition) is 2. The number of halogens is 1. The molecule has 0 unspecified atom stereocenters. The molecule has 2 aromatic carbocycles. The molecule has 0 spiro atoms. The van der Waals surface area contributed by atoms with E-state index >= 15 is 0 Å². The molecule has 0 saturated heterocycles. The van der Waals surface area contributed by atoms with E-state index in [1.165, 1.54) is 12.7 Å². The lowest BCUT2D eigenvalue weighted by Crippen LogP contribution is -2.40. The maximum atomic E-state index is 12.6. The molecule has 1 aliphatic rings. The lowest BCUT2D eigenvalue weighted by molar-refractivity contribution is -0.134. The first-order valence-corrected chi connectivity index (χ1v) is 9.40. The Balaban J connectivity index is 1.50. The van der Waals surface area contributed by atoms with Gasteiger partial charge in [-0.05, 0) is 49.4 Å². The second kappa shape index (κ2) is 8.44. The smallest absolute Gasteiger partial charge is 0.240 e. The fraction of sp³-hybridized carbons (Fsp3) is 0.333. The van der Waals surface area contributed by atoms with Gasteiger partial charge >= 0.3 is 0 Å². The molecule has 3 rings (SSSR count). The van der Waals surface area contributed by atoms with Gasteiger partial charge in [0, 0.05) is 12.2 Å². The molecule has 0 aliphatic heterocycles. The summed E-state index contributed by atoms with van der Waals surface area (Å²) >= 11 is 6.08. The van der Waals surface area contributed by atoms with Crippen LogP contribution in [0.25, 0.3) is 0 Å². The first kappa shape index (κ1) is 19.2. The van der Waals surface area contributed by atoms with Crippen LogP contribution in [-0.2, 0) is 16.0 Å². The van der Waals surface area contributed by atoms with Crippen LogP contribution < -0.4 is 15.4 Å². The number of amides is 2. The fourth-order valence-corrected chi connectivity index (χ4v) is 3.24. The Hall–Kier alpha value is -2.53. The molecule has 0 aromatic heterocycles. The standard InChI is InChI=1S/C21H23ClN2O3/c1-27-18-10-9-16(14-17(18)22)24-20(26)21(11-12-21)19(25)23-13-5-8-15-6-3-2-4-7-15/h2-4,6-7,9-10,14H,5,8,11-13H2,1H3,(H,23,25)(H,24,26). The van der Waals surface area contributed by atoms with Crippen LogP contribution in [0.4, 0.5) is 5.69 Å². The van der Waals surface area contributed by atoms with Gasteiger partial charge in [0.2, 0.25) is 11.8 Å². The highest BCUT2D eigenvalue weighted by Gasteiger charge is 2.56. The number of carbonyl (C=O) groups excluding carboxylic acids is 2. The number of benzene rings is 2. The maximum absolute atomic E-state index is 12.6. The van der Waals surface area contributed by atoms with E-state index in [4.69, 9.17) is 16.3 Å². The molecule has 0 bridgehead atoms. The zero-order valence-corrected chi connectivity index (χ0v) is 16.0. The molecular weight excluding hydrogens is 364 g/mol. The van der Waals surface area contributed by atoms with Crippen LogP contribution in [0, 0.1) is 5.41 Å². The predicted octanol–water partition coefficient (Wildman–Crippen LogP) is 3.82. The van der Waals surface area contributed by atoms with Gasteiger partial charge in [0.15, 0.2) is 0 Å². The van der Waals surface area contributed by atoms with E-state index in [9.17, 15) is 9.59 Å². The molecule has 0 heterocycles. The van der Waals surface area contributed by atoms with Crippen molar-refractivity contribution in [3.05, 3.63) is 59.1 Å². The van der Waals surface area contributed by atoms with Gasteiger partial charge in [-0.3, -0.25) is 9.59 Å². The van der Waals surface area contributed by atoms with E-state index in [-0.39, 0.29) is 11.8 Å². The van der Waals surface area contributed by atoms with Crippen molar-refractivity contribution in [3.63, 3.8) is 0 Å². The Morgan fingerprint density at radius 1 is 1.11 bits per heavy atom. The van der Waals surface area contributed by atoms with E-state index in [1.54, 1.807) is 18.2 Å². The Morgan fingerprint density at radius 2 is 1.85 bits per heavy atom. The van der Waals surface area contributed by atoms with Crippen LogP contribution in [0.5, 0.6) is 5.75 Å². The Bertz CT molecular complexity index is 819. The van der Waals surface area contributed by atoms with Gasteiger partial charge in [-0.1, -0.05) is 41.9 Å². The zero-order valence-electron chi connectivity index (χ0n) is 15.3. The van der Waals surface area contributed by atoms with E-state index in [0.29, 0.717) is 35.8 Å². The highest BCUT2D eigenvalue weighted by Crippen LogP contribution is 2.47. The van der Waals surface area contributed by atoms with Crippen molar-refractivity contribution in [3.8, 4) is 5.75 Å². The average Bonchev–Trinajstić information content (AvgIpc) is 3.48. The highest BCUT2D eigenvalue weighted by molar-refractivity contribution is 6.32. The van der Waals surface area contributed by atoms with Crippen molar-refractivity contribution in [2.45, 2.75) is 25.7 Å². The van der Waals surface area contributed by atoms with Crippen molar-refractivity contribution < 1.29 is 14.3 Å². The summed E-state index contributed by atoms with van der Waals surface area (Å²) in [6, 6.07) is 15.1. The highest BCUT2D eigenvalue weighted by atomic mass is 35.5. The first-order valence-electron chi connectivity index (χ1n) is 9.02. The lowest BCUT2D eigenvalue weighted by atomic mass is 10.0. The molecular formula is C21H23ClN2O3. The Morgan fingerprint density at radius 3 is 2.48 bits per heavy atom. The van der Waals surface area contributed by atoms with Crippen molar-refractivity contribution in [1.82, 2.24) is 5.32 Å². The maximum Gasteiger partial charge on any atom is 0.240 e. The van der Waals surface area contributed by atoms with Gasteiger partial charge in [0.25, 0.3) is 0 Å². The topological polar surface area (TPSA) is 67.4 Å². The largest absolute Gasteiger partial charge is 0.495 e. The molecule has 142 valence electrons. The Kier molecular flexibility index (Phi) is 6.01. The van der Waals surface area contributed by atoms with Gasteiger partial charge in [-0.15, -0.1) is 0 Å². The summed E-state index contributed by atoms with van der Waals surface area (Å²) in [5.41, 5.74) is 0.829. The number of hydrogen-bond acceptors (Lipinski definition) is 3. The molecule has 0 atom stereocenters. The summed E-state index contributed by atoms with van der Waals surface area (Å²) in [5.74, 6) is 0.0453. The molecule has 6 heteroatoms.